The third-order valence-corrected chi connectivity index (χ3v) is 4.15. The second-order valence-corrected chi connectivity index (χ2v) is 5.59. The highest BCUT2D eigenvalue weighted by Gasteiger charge is 2.32. The number of amides is 2. The summed E-state index contributed by atoms with van der Waals surface area (Å²) in [5.74, 6) is -2.20. The van der Waals surface area contributed by atoms with Crippen molar-refractivity contribution in [3.05, 3.63) is 51.4 Å². The molecule has 10 heteroatoms. The predicted molar refractivity (Wildman–Crippen MR) is 89.2 cm³/mol. The number of nitrogens with one attached hydrogen (secondary N) is 2. The van der Waals surface area contributed by atoms with Crippen LogP contribution in [-0.2, 0) is 4.74 Å². The van der Waals surface area contributed by atoms with E-state index in [2.05, 4.69) is 15.5 Å². The van der Waals surface area contributed by atoms with Crippen LogP contribution in [0.5, 0.6) is 0 Å². The van der Waals surface area contributed by atoms with Crippen LogP contribution in [0.3, 0.4) is 0 Å². The first-order valence-electron chi connectivity index (χ1n) is 7.39. The zero-order chi connectivity index (χ0) is 18.6. The normalized spacial score (nSPS) is 13.0. The second-order valence-electron chi connectivity index (χ2n) is 5.59. The van der Waals surface area contributed by atoms with Crippen molar-refractivity contribution in [2.24, 2.45) is 0 Å². The average Bonchev–Trinajstić information content (AvgIpc) is 3.18. The molecule has 0 fully saturated rings. The van der Waals surface area contributed by atoms with Crippen molar-refractivity contribution < 1.29 is 19.1 Å². The number of hydrogen-bond donors (Lipinski definition) is 3. The van der Waals surface area contributed by atoms with E-state index in [4.69, 9.17) is 10.5 Å². The summed E-state index contributed by atoms with van der Waals surface area (Å²) in [7, 11) is 1.23. The largest absolute Gasteiger partial charge is 0.465 e. The van der Waals surface area contributed by atoms with E-state index in [1.807, 2.05) is 0 Å². The van der Waals surface area contributed by atoms with Gasteiger partial charge in [0.1, 0.15) is 5.82 Å². The number of carbonyl (C=O) groups excluding carboxylic acids is 3. The number of rotatable bonds is 2. The molecule has 1 aliphatic heterocycles. The van der Waals surface area contributed by atoms with Crippen LogP contribution in [0.1, 0.15) is 31.1 Å². The molecule has 0 spiro atoms. The number of anilines is 1. The predicted octanol–water partition coefficient (Wildman–Crippen LogP) is -0.0338. The number of methoxy groups -OCH3 is 1. The number of aromatic amines is 1. The summed E-state index contributed by atoms with van der Waals surface area (Å²) < 4.78 is 5.81. The Kier molecular flexibility index (Phi) is 3.16. The Balaban J connectivity index is 2.04. The number of fused-ring (bicyclic) bond motifs is 2. The number of H-pyrrole nitrogens is 1. The van der Waals surface area contributed by atoms with Gasteiger partial charge >= 0.3 is 5.97 Å². The maximum Gasteiger partial charge on any atom is 0.340 e. The van der Waals surface area contributed by atoms with Crippen LogP contribution >= 0.6 is 0 Å². The van der Waals surface area contributed by atoms with Crippen molar-refractivity contribution in [1.29, 1.82) is 0 Å². The van der Waals surface area contributed by atoms with Crippen LogP contribution in [0.25, 0.3) is 16.6 Å². The average molecular weight is 353 g/mol. The van der Waals surface area contributed by atoms with Gasteiger partial charge in [0.15, 0.2) is 0 Å². The zero-order valence-electron chi connectivity index (χ0n) is 13.3. The molecule has 26 heavy (non-hydrogen) atoms. The zero-order valence-corrected chi connectivity index (χ0v) is 13.3. The summed E-state index contributed by atoms with van der Waals surface area (Å²) in [5, 5.41) is 9.20. The summed E-state index contributed by atoms with van der Waals surface area (Å²) >= 11 is 0. The minimum absolute atomic E-state index is 0.0775. The maximum absolute atomic E-state index is 12.5. The van der Waals surface area contributed by atoms with Crippen LogP contribution in [0.4, 0.5) is 5.82 Å². The lowest BCUT2D eigenvalue weighted by Gasteiger charge is -2.13. The lowest BCUT2D eigenvalue weighted by Crippen LogP contribution is -2.24. The molecule has 0 saturated heterocycles. The van der Waals surface area contributed by atoms with E-state index in [-0.39, 0.29) is 28.2 Å². The molecule has 4 rings (SSSR count). The van der Waals surface area contributed by atoms with Crippen LogP contribution in [0.15, 0.2) is 29.2 Å². The first kappa shape index (κ1) is 15.6. The molecule has 0 aliphatic carbocycles. The molecular weight excluding hydrogens is 342 g/mol. The molecule has 3 aromatic rings. The Labute approximate surface area is 144 Å². The highest BCUT2D eigenvalue weighted by Crippen LogP contribution is 2.26. The first-order chi connectivity index (χ1) is 12.4. The monoisotopic (exact) mass is 353 g/mol. The van der Waals surface area contributed by atoms with Crippen molar-refractivity contribution in [2.45, 2.75) is 0 Å². The number of hydrogen-bond acceptors (Lipinski definition) is 7. The Morgan fingerprint density at radius 1 is 1.19 bits per heavy atom. The van der Waals surface area contributed by atoms with Gasteiger partial charge in [0, 0.05) is 11.5 Å². The third kappa shape index (κ3) is 2.02. The number of carbonyl (C=O) groups is 3. The van der Waals surface area contributed by atoms with Gasteiger partial charge < -0.3 is 10.5 Å². The maximum atomic E-state index is 12.5. The number of esters is 1. The van der Waals surface area contributed by atoms with Gasteiger partial charge in [-0.15, -0.1) is 0 Å². The molecule has 1 aromatic carbocycles. The molecule has 10 nitrogen and oxygen atoms in total. The fourth-order valence-corrected chi connectivity index (χ4v) is 2.99. The number of nitrogen functional groups attached to an aromatic ring is 1. The van der Waals surface area contributed by atoms with Gasteiger partial charge in [0.05, 0.1) is 41.2 Å². The van der Waals surface area contributed by atoms with Gasteiger partial charge in [-0.25, -0.2) is 4.79 Å². The highest BCUT2D eigenvalue weighted by molar-refractivity contribution is 6.23. The standard InChI is InChI=1S/C16H11N5O5/c1-26-16(25)9-3-7(2-6-5-18-20-12(6)9)21-10(22)4-8-11(13(21)17)15(24)19-14(8)23/h2-5H,17H2,1H3,(H,18,20)(H,19,23,24). The van der Waals surface area contributed by atoms with Crippen molar-refractivity contribution in [1.82, 2.24) is 20.1 Å². The van der Waals surface area contributed by atoms with Gasteiger partial charge in [-0.05, 0) is 12.1 Å². The van der Waals surface area contributed by atoms with Crippen molar-refractivity contribution in [3.63, 3.8) is 0 Å². The molecule has 4 N–H and O–H groups in total. The van der Waals surface area contributed by atoms with Gasteiger partial charge in [0.25, 0.3) is 17.4 Å². The van der Waals surface area contributed by atoms with Crippen LogP contribution < -0.4 is 16.6 Å². The molecule has 2 amide bonds. The number of benzene rings is 1. The molecule has 0 atom stereocenters. The number of imide groups is 1. The number of aromatic nitrogens is 3. The summed E-state index contributed by atoms with van der Waals surface area (Å²) in [6, 6.07) is 4.00. The van der Waals surface area contributed by atoms with Gasteiger partial charge in [-0.3, -0.25) is 29.4 Å². The van der Waals surface area contributed by atoms with Crippen molar-refractivity contribution in [2.75, 3.05) is 12.8 Å². The SMILES string of the molecule is COC(=O)c1cc(-n2c(N)c3c(cc2=O)C(=O)NC3=O)cc2cn[nH]c12. The van der Waals surface area contributed by atoms with Crippen molar-refractivity contribution >= 4 is 34.5 Å². The van der Waals surface area contributed by atoms with Crippen LogP contribution in [-0.4, -0.2) is 39.7 Å². The Bertz CT molecular complexity index is 1190. The van der Waals surface area contributed by atoms with E-state index in [1.54, 1.807) is 6.07 Å². The van der Waals surface area contributed by atoms with E-state index < -0.39 is 23.3 Å². The summed E-state index contributed by atoms with van der Waals surface area (Å²) in [6.45, 7) is 0. The smallest absolute Gasteiger partial charge is 0.340 e. The van der Waals surface area contributed by atoms with Gasteiger partial charge in [0.2, 0.25) is 0 Å². The Hall–Kier alpha value is -3.95. The minimum atomic E-state index is -0.686. The number of ether oxygens (including phenoxy) is 1. The van der Waals surface area contributed by atoms with E-state index in [0.29, 0.717) is 10.9 Å². The lowest BCUT2D eigenvalue weighted by atomic mass is 10.1. The number of nitrogens with zero attached hydrogens (tertiary/aromatic N) is 2. The fourth-order valence-electron chi connectivity index (χ4n) is 2.99. The quantitative estimate of drug-likeness (QED) is 0.432. The number of pyridine rings is 1. The summed E-state index contributed by atoms with van der Waals surface area (Å²) in [5.41, 5.74) is 6.04. The Morgan fingerprint density at radius 3 is 2.69 bits per heavy atom. The van der Waals surface area contributed by atoms with E-state index in [0.717, 1.165) is 10.6 Å². The second kappa shape index (κ2) is 5.28. The molecule has 1 aliphatic rings. The van der Waals surface area contributed by atoms with E-state index in [9.17, 15) is 19.2 Å². The highest BCUT2D eigenvalue weighted by atomic mass is 16.5. The third-order valence-electron chi connectivity index (χ3n) is 4.15. The fraction of sp³-hybridized carbons (Fsp3) is 0.0625. The Morgan fingerprint density at radius 2 is 1.96 bits per heavy atom. The van der Waals surface area contributed by atoms with E-state index in [1.165, 1.54) is 19.4 Å². The molecule has 2 aromatic heterocycles. The molecule has 0 unspecified atom stereocenters. The number of nitrogens with two attached hydrogens (primary N) is 1. The molecule has 0 radical (unpaired) electrons. The molecule has 3 heterocycles. The molecular formula is C16H11N5O5. The molecule has 0 saturated carbocycles. The van der Waals surface area contributed by atoms with Crippen LogP contribution in [0.2, 0.25) is 0 Å². The van der Waals surface area contributed by atoms with Gasteiger partial charge in [-0.2, -0.15) is 5.10 Å². The van der Waals surface area contributed by atoms with Crippen molar-refractivity contribution in [3.8, 4) is 5.69 Å². The van der Waals surface area contributed by atoms with Crippen LogP contribution in [0, 0.1) is 0 Å². The molecule has 130 valence electrons. The summed E-state index contributed by atoms with van der Waals surface area (Å²) in [6.07, 6.45) is 1.47. The first-order valence-corrected chi connectivity index (χ1v) is 7.39. The topological polar surface area (TPSA) is 149 Å². The molecule has 0 bridgehead atoms. The van der Waals surface area contributed by atoms with E-state index >= 15 is 0 Å². The van der Waals surface area contributed by atoms with Gasteiger partial charge in [-0.1, -0.05) is 0 Å². The summed E-state index contributed by atoms with van der Waals surface area (Å²) in [4.78, 5) is 48.3. The lowest BCUT2D eigenvalue weighted by molar-refractivity contribution is 0.0602. The minimum Gasteiger partial charge on any atom is -0.465 e.